The van der Waals surface area contributed by atoms with E-state index in [4.69, 9.17) is 26.8 Å². The van der Waals surface area contributed by atoms with E-state index in [0.29, 0.717) is 15.9 Å². The second kappa shape index (κ2) is 9.55. The highest BCUT2D eigenvalue weighted by Gasteiger charge is 2.30. The Morgan fingerprint density at radius 1 is 1.18 bits per heavy atom. The normalized spacial score (nSPS) is 14.6. The van der Waals surface area contributed by atoms with E-state index < -0.39 is 21.9 Å². The Bertz CT molecular complexity index is 1390. The lowest BCUT2D eigenvalue weighted by atomic mass is 10.1. The number of rotatable bonds is 6. The number of carbonyl (C=O) groups excluding carboxylic acids is 2. The summed E-state index contributed by atoms with van der Waals surface area (Å²) in [5.74, 6) is -1.46. The van der Waals surface area contributed by atoms with Gasteiger partial charge in [-0.05, 0) is 36.4 Å². The highest BCUT2D eigenvalue weighted by atomic mass is 35.5. The van der Waals surface area contributed by atoms with Gasteiger partial charge in [-0.15, -0.1) is 0 Å². The van der Waals surface area contributed by atoms with Crippen molar-refractivity contribution in [2.24, 2.45) is 5.73 Å². The summed E-state index contributed by atoms with van der Waals surface area (Å²) in [5, 5.41) is 3.85. The molecule has 4 rings (SSSR count). The van der Waals surface area contributed by atoms with E-state index in [2.05, 4.69) is 10.3 Å². The van der Waals surface area contributed by atoms with E-state index in [1.54, 1.807) is 18.2 Å². The standard InChI is InChI=1S/C22H21ClN4O6S/c1-32-22(29)16-10-13(21(24)28)2-4-18(16)26-20-15-11-14(23)3-5-17(15)25-12-19(20)34(30,31)27-6-8-33-9-7-27/h2-5,10-12H,6-9H2,1H3,(H2,24,28)(H,25,26). The molecule has 2 aromatic carbocycles. The number of hydrogen-bond acceptors (Lipinski definition) is 8. The zero-order valence-electron chi connectivity index (χ0n) is 18.1. The van der Waals surface area contributed by atoms with Crippen molar-refractivity contribution in [2.75, 3.05) is 38.7 Å². The van der Waals surface area contributed by atoms with Crippen LogP contribution in [0.5, 0.6) is 0 Å². The maximum absolute atomic E-state index is 13.5. The third-order valence-electron chi connectivity index (χ3n) is 5.35. The van der Waals surface area contributed by atoms with Gasteiger partial charge in [-0.2, -0.15) is 4.31 Å². The summed E-state index contributed by atoms with van der Waals surface area (Å²) >= 11 is 6.21. The maximum atomic E-state index is 13.5. The third kappa shape index (κ3) is 4.55. The molecule has 1 saturated heterocycles. The molecule has 3 N–H and O–H groups in total. The molecule has 1 aliphatic heterocycles. The first kappa shape index (κ1) is 23.9. The zero-order valence-corrected chi connectivity index (χ0v) is 19.6. The third-order valence-corrected chi connectivity index (χ3v) is 7.50. The average molecular weight is 505 g/mol. The Morgan fingerprint density at radius 2 is 1.91 bits per heavy atom. The van der Waals surface area contributed by atoms with Crippen LogP contribution in [0.2, 0.25) is 5.02 Å². The summed E-state index contributed by atoms with van der Waals surface area (Å²) in [6.07, 6.45) is 1.26. The van der Waals surface area contributed by atoms with Crippen molar-refractivity contribution < 1.29 is 27.5 Å². The van der Waals surface area contributed by atoms with E-state index in [0.717, 1.165) is 0 Å². The van der Waals surface area contributed by atoms with Gasteiger partial charge < -0.3 is 20.5 Å². The van der Waals surface area contributed by atoms with Gasteiger partial charge in [0.1, 0.15) is 4.90 Å². The first-order valence-corrected chi connectivity index (χ1v) is 12.0. The van der Waals surface area contributed by atoms with Crippen LogP contribution >= 0.6 is 11.6 Å². The molecule has 1 aromatic heterocycles. The van der Waals surface area contributed by atoms with Gasteiger partial charge >= 0.3 is 5.97 Å². The second-order valence-corrected chi connectivity index (χ2v) is 9.76. The van der Waals surface area contributed by atoms with Crippen molar-refractivity contribution in [1.82, 2.24) is 9.29 Å². The Balaban J connectivity index is 1.93. The van der Waals surface area contributed by atoms with Crippen LogP contribution < -0.4 is 11.1 Å². The number of pyridine rings is 1. The molecule has 0 aliphatic carbocycles. The van der Waals surface area contributed by atoms with Crippen molar-refractivity contribution in [3.8, 4) is 0 Å². The number of nitrogens with zero attached hydrogens (tertiary/aromatic N) is 2. The van der Waals surface area contributed by atoms with Crippen LogP contribution in [0.4, 0.5) is 11.4 Å². The minimum Gasteiger partial charge on any atom is -0.465 e. The molecule has 0 atom stereocenters. The summed E-state index contributed by atoms with van der Waals surface area (Å²) < 4.78 is 38.5. The van der Waals surface area contributed by atoms with Gasteiger partial charge in [0.15, 0.2) is 0 Å². The molecule has 10 nitrogen and oxygen atoms in total. The van der Waals surface area contributed by atoms with E-state index in [1.165, 1.54) is 35.8 Å². The molecule has 0 bridgehead atoms. The summed E-state index contributed by atoms with van der Waals surface area (Å²) in [4.78, 5) is 28.3. The number of benzene rings is 2. The number of nitrogens with one attached hydrogen (secondary N) is 1. The van der Waals surface area contributed by atoms with Gasteiger partial charge in [0.2, 0.25) is 15.9 Å². The molecule has 34 heavy (non-hydrogen) atoms. The SMILES string of the molecule is COC(=O)c1cc(C(N)=O)ccc1Nc1c(S(=O)(=O)N2CCOCC2)cnc2ccc(Cl)cc12. The largest absolute Gasteiger partial charge is 0.465 e. The van der Waals surface area contributed by atoms with E-state index >= 15 is 0 Å². The second-order valence-electron chi connectivity index (χ2n) is 7.42. The van der Waals surface area contributed by atoms with Crippen molar-refractivity contribution >= 4 is 55.8 Å². The van der Waals surface area contributed by atoms with Crippen LogP contribution in [-0.2, 0) is 19.5 Å². The molecular formula is C22H21ClN4O6S. The number of anilines is 2. The molecule has 1 amide bonds. The maximum Gasteiger partial charge on any atom is 0.339 e. The molecule has 178 valence electrons. The van der Waals surface area contributed by atoms with Crippen LogP contribution in [0, 0.1) is 0 Å². The minimum atomic E-state index is -3.98. The van der Waals surface area contributed by atoms with Crippen molar-refractivity contribution in [3.05, 3.63) is 58.7 Å². The lowest BCUT2D eigenvalue weighted by Crippen LogP contribution is -2.40. The topological polar surface area (TPSA) is 141 Å². The Labute approximate surface area is 200 Å². The highest BCUT2D eigenvalue weighted by Crippen LogP contribution is 2.36. The molecule has 0 unspecified atom stereocenters. The lowest BCUT2D eigenvalue weighted by molar-refractivity contribution is 0.0602. The number of halogens is 1. The van der Waals surface area contributed by atoms with Gasteiger partial charge in [0, 0.05) is 35.3 Å². The zero-order chi connectivity index (χ0) is 24.5. The van der Waals surface area contributed by atoms with Crippen LogP contribution in [0.15, 0.2) is 47.5 Å². The quantitative estimate of drug-likeness (QED) is 0.488. The monoisotopic (exact) mass is 504 g/mol. The van der Waals surface area contributed by atoms with E-state index in [1.807, 2.05) is 0 Å². The number of primary amides is 1. The smallest absolute Gasteiger partial charge is 0.339 e. The molecule has 0 spiro atoms. The fourth-order valence-corrected chi connectivity index (χ4v) is 5.30. The molecule has 3 aromatic rings. The van der Waals surface area contributed by atoms with Gasteiger partial charge in [0.05, 0.1) is 42.8 Å². The van der Waals surface area contributed by atoms with Crippen molar-refractivity contribution in [2.45, 2.75) is 4.90 Å². The van der Waals surface area contributed by atoms with Gasteiger partial charge in [-0.1, -0.05) is 11.6 Å². The summed E-state index contributed by atoms with van der Waals surface area (Å²) in [6, 6.07) is 9.03. The number of methoxy groups -OCH3 is 1. The van der Waals surface area contributed by atoms with Crippen LogP contribution in [-0.4, -0.2) is 63.0 Å². The van der Waals surface area contributed by atoms with Crippen LogP contribution in [0.3, 0.4) is 0 Å². The number of morpholine rings is 1. The molecule has 12 heteroatoms. The summed E-state index contributed by atoms with van der Waals surface area (Å²) in [6.45, 7) is 0.929. The predicted octanol–water partition coefficient (Wildman–Crippen LogP) is 2.54. The number of aromatic nitrogens is 1. The first-order valence-electron chi connectivity index (χ1n) is 10.2. The highest BCUT2D eigenvalue weighted by molar-refractivity contribution is 7.89. The van der Waals surface area contributed by atoms with Crippen molar-refractivity contribution in [1.29, 1.82) is 0 Å². The predicted molar refractivity (Wildman–Crippen MR) is 126 cm³/mol. The number of sulfonamides is 1. The van der Waals surface area contributed by atoms with Gasteiger partial charge in [-0.25, -0.2) is 13.2 Å². The summed E-state index contributed by atoms with van der Waals surface area (Å²) in [5.41, 5.74) is 6.32. The fourth-order valence-electron chi connectivity index (χ4n) is 3.62. The number of hydrogen-bond donors (Lipinski definition) is 2. The average Bonchev–Trinajstić information content (AvgIpc) is 2.84. The Morgan fingerprint density at radius 3 is 2.59 bits per heavy atom. The van der Waals surface area contributed by atoms with Crippen LogP contribution in [0.25, 0.3) is 10.9 Å². The van der Waals surface area contributed by atoms with Crippen LogP contribution in [0.1, 0.15) is 20.7 Å². The van der Waals surface area contributed by atoms with E-state index in [-0.39, 0.29) is 53.7 Å². The number of amides is 1. The molecule has 2 heterocycles. The Kier molecular flexibility index (Phi) is 6.71. The lowest BCUT2D eigenvalue weighted by Gasteiger charge is -2.27. The van der Waals surface area contributed by atoms with E-state index in [9.17, 15) is 18.0 Å². The molecular weight excluding hydrogens is 484 g/mol. The Hall–Kier alpha value is -3.25. The molecule has 1 aliphatic rings. The number of nitrogens with two attached hydrogens (primary N) is 1. The number of ether oxygens (including phenoxy) is 2. The minimum absolute atomic E-state index is 0.000473. The molecule has 0 saturated carbocycles. The van der Waals surface area contributed by atoms with Gasteiger partial charge in [-0.3, -0.25) is 9.78 Å². The van der Waals surface area contributed by atoms with Crippen molar-refractivity contribution in [3.63, 3.8) is 0 Å². The molecule has 0 radical (unpaired) electrons. The fraction of sp³-hybridized carbons (Fsp3) is 0.227. The molecule has 1 fully saturated rings. The number of esters is 1. The number of carbonyl (C=O) groups is 2. The van der Waals surface area contributed by atoms with Gasteiger partial charge in [0.25, 0.3) is 0 Å². The summed E-state index contributed by atoms with van der Waals surface area (Å²) in [7, 11) is -2.79. The first-order chi connectivity index (χ1) is 16.2. The number of fused-ring (bicyclic) bond motifs is 1.